The lowest BCUT2D eigenvalue weighted by molar-refractivity contribution is -0.384. The minimum atomic E-state index is -4.88. The zero-order valence-corrected chi connectivity index (χ0v) is 19.1. The van der Waals surface area contributed by atoms with E-state index in [0.717, 1.165) is 3.57 Å². The molecule has 1 radical (unpaired) electrons. The number of rotatable bonds is 6. The summed E-state index contributed by atoms with van der Waals surface area (Å²) in [5.41, 5.74) is 0.516. The Morgan fingerprint density at radius 3 is 1.87 bits per heavy atom. The highest BCUT2D eigenvalue weighted by Gasteiger charge is 2.25. The lowest BCUT2D eigenvalue weighted by Crippen LogP contribution is -2.09. The van der Waals surface area contributed by atoms with E-state index < -0.39 is 35.0 Å². The fourth-order valence-corrected chi connectivity index (χ4v) is 4.69. The normalized spacial score (nSPS) is 12.0. The van der Waals surface area contributed by atoms with Crippen LogP contribution >= 0.6 is 22.6 Å². The fourth-order valence-electron chi connectivity index (χ4n) is 2.85. The van der Waals surface area contributed by atoms with Gasteiger partial charge in [-0.05, 0) is 63.5 Å². The van der Waals surface area contributed by atoms with Gasteiger partial charge in [0.05, 0.1) is 9.82 Å². The number of halogens is 1. The van der Waals surface area contributed by atoms with Crippen LogP contribution in [0.3, 0.4) is 0 Å². The molecule has 2 N–H and O–H groups in total. The average molecular weight is 574 g/mol. The number of nitro groups is 1. The Kier molecular flexibility index (Phi) is 6.48. The molecule has 0 bridgehead atoms. The molecule has 0 fully saturated rings. The average Bonchev–Trinajstić information content (AvgIpc) is 2.67. The molecule has 0 spiro atoms. The summed E-state index contributed by atoms with van der Waals surface area (Å²) in [6.45, 7) is 0. The zero-order valence-electron chi connectivity index (χ0n) is 15.3. The summed E-state index contributed by atoms with van der Waals surface area (Å²) in [6, 6.07) is 13.6. The number of nitrogens with zero attached hydrogens (tertiary/aromatic N) is 1. The molecule has 161 valence electrons. The van der Waals surface area contributed by atoms with Gasteiger partial charge in [0.2, 0.25) is 0 Å². The summed E-state index contributed by atoms with van der Waals surface area (Å²) < 4.78 is 67.9. The maximum atomic E-state index is 11.9. The van der Waals surface area contributed by atoms with Crippen LogP contribution in [-0.2, 0) is 20.2 Å². The molecule has 31 heavy (non-hydrogen) atoms. The predicted octanol–water partition coefficient (Wildman–Crippen LogP) is 3.96. The van der Waals surface area contributed by atoms with E-state index in [-0.39, 0.29) is 16.8 Å². The Bertz CT molecular complexity index is 1370. The Labute approximate surface area is 191 Å². The second kappa shape index (κ2) is 8.63. The summed E-state index contributed by atoms with van der Waals surface area (Å²) in [6.07, 6.45) is 1.32. The van der Waals surface area contributed by atoms with E-state index in [9.17, 15) is 36.1 Å². The molecule has 0 atom stereocenters. The molecule has 3 rings (SSSR count). The quantitative estimate of drug-likeness (QED) is 0.194. The number of nitro benzene ring substituents is 1. The second-order valence-corrected chi connectivity index (χ2v) is 10.4. The largest absolute Gasteiger partial charge is 0.295 e. The highest BCUT2D eigenvalue weighted by Crippen LogP contribution is 2.34. The van der Waals surface area contributed by atoms with Crippen LogP contribution in [0.1, 0.15) is 11.1 Å². The first-order chi connectivity index (χ1) is 14.4. The van der Waals surface area contributed by atoms with E-state index in [2.05, 4.69) is 22.6 Å². The van der Waals surface area contributed by atoms with Gasteiger partial charge >= 0.3 is 0 Å². The topological polar surface area (TPSA) is 152 Å². The van der Waals surface area contributed by atoms with Crippen LogP contribution < -0.4 is 0 Å². The molecule has 9 nitrogen and oxygen atoms in total. The van der Waals surface area contributed by atoms with E-state index in [1.54, 1.807) is 24.3 Å². The van der Waals surface area contributed by atoms with Gasteiger partial charge in [0.25, 0.3) is 25.9 Å². The van der Waals surface area contributed by atoms with Gasteiger partial charge in [-0.1, -0.05) is 24.3 Å². The van der Waals surface area contributed by atoms with Gasteiger partial charge in [-0.25, -0.2) is 0 Å². The van der Waals surface area contributed by atoms with E-state index in [0.29, 0.717) is 17.2 Å². The maximum absolute atomic E-state index is 11.9. The summed E-state index contributed by atoms with van der Waals surface area (Å²) in [5.74, 6) is 0. The molecule has 0 aliphatic carbocycles. The third-order valence-electron chi connectivity index (χ3n) is 4.25. The highest BCUT2D eigenvalue weighted by atomic mass is 127. The maximum Gasteiger partial charge on any atom is 0.295 e. The van der Waals surface area contributed by atoms with E-state index in [1.807, 2.05) is 0 Å². The van der Waals surface area contributed by atoms with Gasteiger partial charge < -0.3 is 0 Å². The van der Waals surface area contributed by atoms with Crippen molar-refractivity contribution in [3.63, 3.8) is 0 Å². The van der Waals surface area contributed by atoms with Crippen molar-refractivity contribution in [2.45, 2.75) is 9.79 Å². The molecule has 0 saturated heterocycles. The van der Waals surface area contributed by atoms with Crippen molar-refractivity contribution in [1.82, 2.24) is 0 Å². The SMILES string of the molecule is O=[N+]([O-])c1ccc([CH]c2cc(-c3ccc(I)cc3)c(S(=O)(=O)O)cc2S(=O)(=O)O)cc1. The van der Waals surface area contributed by atoms with Gasteiger partial charge in [0, 0.05) is 27.7 Å². The molecule has 0 saturated carbocycles. The number of hydrogen-bond acceptors (Lipinski definition) is 6. The van der Waals surface area contributed by atoms with Crippen molar-refractivity contribution in [3.05, 3.63) is 91.9 Å². The molecule has 0 amide bonds. The van der Waals surface area contributed by atoms with Crippen molar-refractivity contribution in [2.75, 3.05) is 0 Å². The van der Waals surface area contributed by atoms with Gasteiger partial charge in [-0.2, -0.15) is 16.8 Å². The van der Waals surface area contributed by atoms with Crippen molar-refractivity contribution in [1.29, 1.82) is 0 Å². The lowest BCUT2D eigenvalue weighted by Gasteiger charge is -2.14. The van der Waals surface area contributed by atoms with Crippen LogP contribution in [0.5, 0.6) is 0 Å². The molecule has 3 aromatic carbocycles. The lowest BCUT2D eigenvalue weighted by atomic mass is 9.99. The monoisotopic (exact) mass is 574 g/mol. The van der Waals surface area contributed by atoms with Crippen molar-refractivity contribution in [3.8, 4) is 11.1 Å². The molecular formula is C19H13INO8S2. The van der Waals surface area contributed by atoms with Crippen LogP contribution in [0.15, 0.2) is 70.5 Å². The Morgan fingerprint density at radius 1 is 0.839 bits per heavy atom. The number of non-ortho nitro benzene ring substituents is 1. The van der Waals surface area contributed by atoms with Crippen LogP contribution in [0.4, 0.5) is 5.69 Å². The molecule has 0 aromatic heterocycles. The Balaban J connectivity index is 2.24. The summed E-state index contributed by atoms with van der Waals surface area (Å²) in [5, 5.41) is 10.8. The van der Waals surface area contributed by atoms with E-state index in [4.69, 9.17) is 0 Å². The summed E-state index contributed by atoms with van der Waals surface area (Å²) in [7, 11) is -9.73. The number of hydrogen-bond donors (Lipinski definition) is 2. The van der Waals surface area contributed by atoms with Gasteiger partial charge in [0.1, 0.15) is 4.90 Å². The standard InChI is InChI=1S/C19H13INO8S2/c20-15-5-3-13(4-6-15)17-10-14(9-12-1-7-16(8-2-12)21(22)23)18(30(24,25)26)11-19(17)31(27,28)29/h1-11H,(H,24,25,26)(H,27,28,29). The molecule has 0 heterocycles. The Hall–Kier alpha value is -2.39. The number of benzene rings is 3. The molecule has 12 heteroatoms. The molecular weight excluding hydrogens is 561 g/mol. The first kappa shape index (κ1) is 23.3. The first-order valence-corrected chi connectivity index (χ1v) is 12.3. The first-order valence-electron chi connectivity index (χ1n) is 8.34. The predicted molar refractivity (Wildman–Crippen MR) is 120 cm³/mol. The molecule has 0 unspecified atom stereocenters. The Morgan fingerprint density at radius 2 is 1.39 bits per heavy atom. The third-order valence-corrected chi connectivity index (χ3v) is 6.77. The van der Waals surface area contributed by atoms with Gasteiger partial charge in [0.15, 0.2) is 0 Å². The van der Waals surface area contributed by atoms with Crippen LogP contribution in [0, 0.1) is 20.1 Å². The minimum absolute atomic E-state index is 0.0134. The van der Waals surface area contributed by atoms with Crippen LogP contribution in [0.25, 0.3) is 11.1 Å². The molecule has 0 aliphatic rings. The highest BCUT2D eigenvalue weighted by molar-refractivity contribution is 14.1. The van der Waals surface area contributed by atoms with Crippen LogP contribution in [0.2, 0.25) is 0 Å². The van der Waals surface area contributed by atoms with E-state index in [1.165, 1.54) is 36.8 Å². The van der Waals surface area contributed by atoms with Crippen LogP contribution in [-0.4, -0.2) is 30.9 Å². The van der Waals surface area contributed by atoms with Crippen molar-refractivity contribution in [2.24, 2.45) is 0 Å². The van der Waals surface area contributed by atoms with Crippen molar-refractivity contribution < 1.29 is 30.9 Å². The fraction of sp³-hybridized carbons (Fsp3) is 0. The smallest absolute Gasteiger partial charge is 0.282 e. The minimum Gasteiger partial charge on any atom is -0.282 e. The summed E-state index contributed by atoms with van der Waals surface area (Å²) >= 11 is 2.05. The molecule has 3 aromatic rings. The van der Waals surface area contributed by atoms with Gasteiger partial charge in [-0.3, -0.25) is 19.2 Å². The third kappa shape index (κ3) is 5.46. The molecule has 0 aliphatic heterocycles. The van der Waals surface area contributed by atoms with Crippen molar-refractivity contribution >= 4 is 48.5 Å². The summed E-state index contributed by atoms with van der Waals surface area (Å²) in [4.78, 5) is 8.79. The second-order valence-electron chi connectivity index (χ2n) is 6.34. The van der Waals surface area contributed by atoms with E-state index >= 15 is 0 Å². The zero-order chi connectivity index (χ0) is 23.0. The van der Waals surface area contributed by atoms with Gasteiger partial charge in [-0.15, -0.1) is 0 Å².